The van der Waals surface area contributed by atoms with Gasteiger partial charge in [-0.3, -0.25) is 0 Å². The quantitative estimate of drug-likeness (QED) is 0.463. The Kier molecular flexibility index (Phi) is 6.90. The van der Waals surface area contributed by atoms with Crippen LogP contribution in [0.4, 0.5) is 0 Å². The van der Waals surface area contributed by atoms with Crippen LogP contribution in [0.3, 0.4) is 0 Å². The van der Waals surface area contributed by atoms with Crippen molar-refractivity contribution in [2.45, 2.75) is 34.1 Å². The highest BCUT2D eigenvalue weighted by molar-refractivity contribution is 5.01. The summed E-state index contributed by atoms with van der Waals surface area (Å²) in [6, 6.07) is 0. The van der Waals surface area contributed by atoms with Crippen molar-refractivity contribution in [2.24, 2.45) is 11.8 Å². The molecule has 0 aromatic heterocycles. The molecule has 0 fully saturated rings. The third kappa shape index (κ3) is 9.52. The minimum Gasteiger partial charge on any atom is -0.369 e. The van der Waals surface area contributed by atoms with E-state index in [4.69, 9.17) is 4.74 Å². The lowest BCUT2D eigenvalue weighted by atomic mass is 10.1. The average molecular weight is 168 g/mol. The number of rotatable bonds is 4. The SMILES string of the molecule is CC(C)C#CCOCCC(C)C. The van der Waals surface area contributed by atoms with Gasteiger partial charge in [-0.25, -0.2) is 0 Å². The Bertz CT molecular complexity index is 148. The molecule has 0 saturated carbocycles. The second-order valence-corrected chi connectivity index (χ2v) is 3.71. The van der Waals surface area contributed by atoms with Crippen molar-refractivity contribution in [1.82, 2.24) is 0 Å². The fourth-order valence-corrected chi connectivity index (χ4v) is 0.688. The summed E-state index contributed by atoms with van der Waals surface area (Å²) in [6.45, 7) is 9.99. The Balaban J connectivity index is 3.18. The van der Waals surface area contributed by atoms with Gasteiger partial charge in [-0.05, 0) is 12.3 Å². The van der Waals surface area contributed by atoms with Crippen LogP contribution < -0.4 is 0 Å². The van der Waals surface area contributed by atoms with Crippen LogP contribution in [-0.2, 0) is 4.74 Å². The van der Waals surface area contributed by atoms with E-state index in [1.165, 1.54) is 0 Å². The fraction of sp³-hybridized carbons (Fsp3) is 0.818. The molecular weight excluding hydrogens is 148 g/mol. The highest BCUT2D eigenvalue weighted by Crippen LogP contribution is 1.98. The molecule has 0 aromatic rings. The van der Waals surface area contributed by atoms with E-state index in [1.807, 2.05) is 0 Å². The Labute approximate surface area is 76.5 Å². The molecule has 0 amide bonds. The van der Waals surface area contributed by atoms with Crippen molar-refractivity contribution in [1.29, 1.82) is 0 Å². The van der Waals surface area contributed by atoms with E-state index in [9.17, 15) is 0 Å². The molecule has 0 unspecified atom stereocenters. The van der Waals surface area contributed by atoms with E-state index in [1.54, 1.807) is 0 Å². The maximum atomic E-state index is 5.32. The van der Waals surface area contributed by atoms with Crippen LogP contribution in [0.25, 0.3) is 0 Å². The zero-order valence-corrected chi connectivity index (χ0v) is 8.68. The predicted octanol–water partition coefficient (Wildman–Crippen LogP) is 2.71. The van der Waals surface area contributed by atoms with Crippen LogP contribution in [0.1, 0.15) is 34.1 Å². The molecule has 70 valence electrons. The molecule has 0 bridgehead atoms. The monoisotopic (exact) mass is 168 g/mol. The van der Waals surface area contributed by atoms with Crippen LogP contribution >= 0.6 is 0 Å². The topological polar surface area (TPSA) is 9.23 Å². The number of ether oxygens (including phenoxy) is 1. The fourth-order valence-electron chi connectivity index (χ4n) is 0.688. The van der Waals surface area contributed by atoms with Gasteiger partial charge in [0.1, 0.15) is 6.61 Å². The second kappa shape index (κ2) is 7.18. The first kappa shape index (κ1) is 11.5. The molecule has 0 aliphatic rings. The van der Waals surface area contributed by atoms with Gasteiger partial charge in [0.25, 0.3) is 0 Å². The van der Waals surface area contributed by atoms with Crippen molar-refractivity contribution in [3.05, 3.63) is 0 Å². The molecule has 0 saturated heterocycles. The van der Waals surface area contributed by atoms with Crippen molar-refractivity contribution in [3.8, 4) is 11.8 Å². The molecule has 0 aliphatic heterocycles. The first-order valence-corrected chi connectivity index (χ1v) is 4.69. The molecule has 0 atom stereocenters. The van der Waals surface area contributed by atoms with Gasteiger partial charge >= 0.3 is 0 Å². The lowest BCUT2D eigenvalue weighted by Crippen LogP contribution is -1.99. The van der Waals surface area contributed by atoms with E-state index in [0.29, 0.717) is 12.5 Å². The molecule has 1 heteroatoms. The van der Waals surface area contributed by atoms with Crippen molar-refractivity contribution >= 4 is 0 Å². The van der Waals surface area contributed by atoms with E-state index >= 15 is 0 Å². The Morgan fingerprint density at radius 1 is 1.17 bits per heavy atom. The van der Waals surface area contributed by atoms with Gasteiger partial charge in [0.05, 0.1) is 0 Å². The van der Waals surface area contributed by atoms with E-state index in [2.05, 4.69) is 39.5 Å². The van der Waals surface area contributed by atoms with E-state index in [-0.39, 0.29) is 0 Å². The van der Waals surface area contributed by atoms with Crippen molar-refractivity contribution in [2.75, 3.05) is 13.2 Å². The number of hydrogen-bond donors (Lipinski definition) is 0. The summed E-state index contributed by atoms with van der Waals surface area (Å²) in [7, 11) is 0. The van der Waals surface area contributed by atoms with Crippen LogP contribution in [0.15, 0.2) is 0 Å². The lowest BCUT2D eigenvalue weighted by molar-refractivity contribution is 0.154. The average Bonchev–Trinajstić information content (AvgIpc) is 1.95. The summed E-state index contributed by atoms with van der Waals surface area (Å²) in [6.07, 6.45) is 1.13. The Morgan fingerprint density at radius 3 is 2.33 bits per heavy atom. The molecule has 0 aliphatic carbocycles. The van der Waals surface area contributed by atoms with Gasteiger partial charge in [0.2, 0.25) is 0 Å². The zero-order chi connectivity index (χ0) is 9.40. The maximum absolute atomic E-state index is 5.32. The van der Waals surface area contributed by atoms with Crippen LogP contribution in [0, 0.1) is 23.7 Å². The molecule has 0 radical (unpaired) electrons. The smallest absolute Gasteiger partial charge is 0.107 e. The van der Waals surface area contributed by atoms with E-state index < -0.39 is 0 Å². The van der Waals surface area contributed by atoms with Gasteiger partial charge < -0.3 is 4.74 Å². The lowest BCUT2D eigenvalue weighted by Gasteiger charge is -2.02. The number of hydrogen-bond acceptors (Lipinski definition) is 1. The molecule has 0 heterocycles. The zero-order valence-electron chi connectivity index (χ0n) is 8.68. The van der Waals surface area contributed by atoms with Gasteiger partial charge in [-0.2, -0.15) is 0 Å². The summed E-state index contributed by atoms with van der Waals surface area (Å²) in [5.74, 6) is 7.23. The highest BCUT2D eigenvalue weighted by Gasteiger charge is 1.91. The summed E-state index contributed by atoms with van der Waals surface area (Å²) in [5.41, 5.74) is 0. The van der Waals surface area contributed by atoms with Crippen LogP contribution in [0.2, 0.25) is 0 Å². The third-order valence-corrected chi connectivity index (χ3v) is 1.40. The van der Waals surface area contributed by atoms with Gasteiger partial charge in [0, 0.05) is 12.5 Å². The van der Waals surface area contributed by atoms with Crippen LogP contribution in [-0.4, -0.2) is 13.2 Å². The first-order valence-electron chi connectivity index (χ1n) is 4.69. The maximum Gasteiger partial charge on any atom is 0.107 e. The molecule has 0 rings (SSSR count). The minimum absolute atomic E-state index is 0.457. The van der Waals surface area contributed by atoms with Gasteiger partial charge in [-0.15, -0.1) is 0 Å². The normalized spacial score (nSPS) is 10.2. The second-order valence-electron chi connectivity index (χ2n) is 3.71. The molecule has 12 heavy (non-hydrogen) atoms. The van der Waals surface area contributed by atoms with Gasteiger partial charge in [0.15, 0.2) is 0 Å². The first-order chi connectivity index (χ1) is 5.63. The molecule has 0 spiro atoms. The standard InChI is InChI=1S/C11H20O/c1-10(2)6-5-8-12-9-7-11(3)4/h10-11H,7-9H2,1-4H3. The molecular formula is C11H20O. The highest BCUT2D eigenvalue weighted by atomic mass is 16.5. The predicted molar refractivity (Wildman–Crippen MR) is 52.9 cm³/mol. The molecule has 0 N–H and O–H groups in total. The summed E-state index contributed by atoms with van der Waals surface area (Å²) in [4.78, 5) is 0. The van der Waals surface area contributed by atoms with Crippen molar-refractivity contribution < 1.29 is 4.74 Å². The summed E-state index contributed by atoms with van der Waals surface area (Å²) >= 11 is 0. The van der Waals surface area contributed by atoms with Gasteiger partial charge in [-0.1, -0.05) is 39.5 Å². The molecule has 1 nitrogen and oxygen atoms in total. The van der Waals surface area contributed by atoms with Crippen molar-refractivity contribution in [3.63, 3.8) is 0 Å². The summed E-state index contributed by atoms with van der Waals surface area (Å²) in [5, 5.41) is 0. The Hall–Kier alpha value is -0.480. The Morgan fingerprint density at radius 2 is 1.83 bits per heavy atom. The largest absolute Gasteiger partial charge is 0.369 e. The minimum atomic E-state index is 0.457. The van der Waals surface area contributed by atoms with Crippen LogP contribution in [0.5, 0.6) is 0 Å². The van der Waals surface area contributed by atoms with E-state index in [0.717, 1.165) is 18.9 Å². The summed E-state index contributed by atoms with van der Waals surface area (Å²) < 4.78 is 5.32. The molecule has 0 aromatic carbocycles. The third-order valence-electron chi connectivity index (χ3n) is 1.40.